The molecule has 1 aromatic rings. The summed E-state index contributed by atoms with van der Waals surface area (Å²) in [4.78, 5) is 11.0. The van der Waals surface area contributed by atoms with E-state index in [2.05, 4.69) is 9.84 Å². The molecule has 0 radical (unpaired) electrons. The number of carbonyl (C=O) groups excluding carboxylic acids is 1. The van der Waals surface area contributed by atoms with Gasteiger partial charge in [-0.1, -0.05) is 18.7 Å². The van der Waals surface area contributed by atoms with Gasteiger partial charge in [0.2, 0.25) is 0 Å². The van der Waals surface area contributed by atoms with Gasteiger partial charge in [0.1, 0.15) is 5.03 Å². The normalized spacial score (nSPS) is 10.3. The van der Waals surface area contributed by atoms with Crippen molar-refractivity contribution in [2.75, 3.05) is 18.6 Å². The van der Waals surface area contributed by atoms with E-state index in [0.717, 1.165) is 17.1 Å². The summed E-state index contributed by atoms with van der Waals surface area (Å²) in [5.74, 6) is -0.0118. The Kier molecular flexibility index (Phi) is 4.02. The quantitative estimate of drug-likeness (QED) is 0.611. The zero-order valence-corrected chi connectivity index (χ0v) is 9.93. The zero-order chi connectivity index (χ0) is 11.4. The SMILES string of the molecule is CCc1nn(C)c(SCC(=O)OC)c1N. The van der Waals surface area contributed by atoms with E-state index in [1.165, 1.54) is 18.9 Å². The fourth-order valence-electron chi connectivity index (χ4n) is 1.20. The number of hydrogen-bond donors (Lipinski definition) is 1. The number of anilines is 1. The Labute approximate surface area is 93.0 Å². The van der Waals surface area contributed by atoms with Gasteiger partial charge in [0.05, 0.1) is 24.2 Å². The van der Waals surface area contributed by atoms with Crippen LogP contribution in [-0.4, -0.2) is 28.6 Å². The average molecular weight is 229 g/mol. The summed E-state index contributed by atoms with van der Waals surface area (Å²) in [5.41, 5.74) is 7.41. The number of hydrogen-bond acceptors (Lipinski definition) is 5. The Hall–Kier alpha value is -1.17. The molecule has 0 fully saturated rings. The molecule has 84 valence electrons. The summed E-state index contributed by atoms with van der Waals surface area (Å²) in [7, 11) is 3.18. The summed E-state index contributed by atoms with van der Waals surface area (Å²) in [6, 6.07) is 0. The van der Waals surface area contributed by atoms with E-state index in [9.17, 15) is 4.79 Å². The highest BCUT2D eigenvalue weighted by atomic mass is 32.2. The van der Waals surface area contributed by atoms with Gasteiger partial charge >= 0.3 is 5.97 Å². The number of aromatic nitrogens is 2. The number of rotatable bonds is 4. The molecule has 0 bridgehead atoms. The largest absolute Gasteiger partial charge is 0.468 e. The van der Waals surface area contributed by atoms with Gasteiger partial charge in [0.25, 0.3) is 0 Å². The first kappa shape index (κ1) is 11.9. The molecule has 0 aromatic carbocycles. The van der Waals surface area contributed by atoms with Crippen molar-refractivity contribution in [1.82, 2.24) is 9.78 Å². The molecular formula is C9H15N3O2S. The predicted molar refractivity (Wildman–Crippen MR) is 59.7 cm³/mol. The molecule has 0 spiro atoms. The minimum Gasteiger partial charge on any atom is -0.468 e. The van der Waals surface area contributed by atoms with Crippen LogP contribution < -0.4 is 5.73 Å². The highest BCUT2D eigenvalue weighted by Gasteiger charge is 2.13. The van der Waals surface area contributed by atoms with Crippen molar-refractivity contribution in [2.45, 2.75) is 18.4 Å². The third-order valence-corrected chi connectivity index (χ3v) is 3.13. The first-order valence-electron chi connectivity index (χ1n) is 4.61. The molecule has 0 amide bonds. The van der Waals surface area contributed by atoms with Gasteiger partial charge in [-0.15, -0.1) is 0 Å². The molecule has 0 aliphatic heterocycles. The van der Waals surface area contributed by atoms with E-state index in [0.29, 0.717) is 5.69 Å². The zero-order valence-electron chi connectivity index (χ0n) is 9.11. The molecule has 0 aliphatic carbocycles. The van der Waals surface area contributed by atoms with Gasteiger partial charge in [-0.05, 0) is 6.42 Å². The molecule has 0 saturated carbocycles. The Balaban J connectivity index is 2.76. The fourth-order valence-corrected chi connectivity index (χ4v) is 2.07. The van der Waals surface area contributed by atoms with E-state index < -0.39 is 0 Å². The Bertz CT molecular complexity index is 362. The van der Waals surface area contributed by atoms with Crippen LogP contribution in [0.3, 0.4) is 0 Å². The summed E-state index contributed by atoms with van der Waals surface area (Å²) < 4.78 is 6.25. The lowest BCUT2D eigenvalue weighted by Crippen LogP contribution is -2.04. The molecule has 0 saturated heterocycles. The van der Waals surface area contributed by atoms with Crippen molar-refractivity contribution in [2.24, 2.45) is 7.05 Å². The summed E-state index contributed by atoms with van der Waals surface area (Å²) in [5, 5.41) is 5.07. The van der Waals surface area contributed by atoms with Crippen molar-refractivity contribution in [3.8, 4) is 0 Å². The third kappa shape index (κ3) is 2.65. The Morgan fingerprint density at radius 1 is 1.67 bits per heavy atom. The van der Waals surface area contributed by atoms with Gasteiger partial charge < -0.3 is 10.5 Å². The molecule has 1 aromatic heterocycles. The van der Waals surface area contributed by atoms with E-state index in [1.807, 2.05) is 14.0 Å². The monoisotopic (exact) mass is 229 g/mol. The molecule has 6 heteroatoms. The molecule has 1 rings (SSSR count). The fraction of sp³-hybridized carbons (Fsp3) is 0.556. The van der Waals surface area contributed by atoms with Crippen LogP contribution in [-0.2, 0) is 23.0 Å². The van der Waals surface area contributed by atoms with Crippen LogP contribution in [0.4, 0.5) is 5.69 Å². The molecule has 15 heavy (non-hydrogen) atoms. The number of nitrogen functional groups attached to an aromatic ring is 1. The average Bonchev–Trinajstić information content (AvgIpc) is 2.51. The van der Waals surface area contributed by atoms with Gasteiger partial charge in [-0.25, -0.2) is 0 Å². The van der Waals surface area contributed by atoms with Gasteiger partial charge in [-0.2, -0.15) is 5.10 Å². The lowest BCUT2D eigenvalue weighted by molar-refractivity contribution is -0.137. The van der Waals surface area contributed by atoms with Crippen LogP contribution in [0.1, 0.15) is 12.6 Å². The maximum absolute atomic E-state index is 11.0. The molecule has 0 atom stereocenters. The van der Waals surface area contributed by atoms with Crippen molar-refractivity contribution in [3.63, 3.8) is 0 Å². The van der Waals surface area contributed by atoms with Crippen molar-refractivity contribution >= 4 is 23.4 Å². The number of nitrogens with zero attached hydrogens (tertiary/aromatic N) is 2. The Morgan fingerprint density at radius 2 is 2.33 bits per heavy atom. The molecule has 0 unspecified atom stereocenters. The number of aryl methyl sites for hydroxylation is 2. The first-order chi connectivity index (χ1) is 7.10. The van der Waals surface area contributed by atoms with E-state index in [1.54, 1.807) is 4.68 Å². The minimum absolute atomic E-state index is 0.253. The number of thioether (sulfide) groups is 1. The maximum atomic E-state index is 11.0. The lowest BCUT2D eigenvalue weighted by atomic mass is 10.3. The topological polar surface area (TPSA) is 70.1 Å². The second-order valence-electron chi connectivity index (χ2n) is 3.01. The highest BCUT2D eigenvalue weighted by Crippen LogP contribution is 2.27. The van der Waals surface area contributed by atoms with Crippen LogP contribution in [0.25, 0.3) is 0 Å². The maximum Gasteiger partial charge on any atom is 0.316 e. The van der Waals surface area contributed by atoms with Gasteiger partial charge in [0, 0.05) is 7.05 Å². The summed E-state index contributed by atoms with van der Waals surface area (Å²) in [6.07, 6.45) is 0.790. The van der Waals surface area contributed by atoms with E-state index >= 15 is 0 Å². The first-order valence-corrected chi connectivity index (χ1v) is 5.59. The van der Waals surface area contributed by atoms with Crippen LogP contribution >= 0.6 is 11.8 Å². The van der Waals surface area contributed by atoms with Crippen molar-refractivity contribution in [1.29, 1.82) is 0 Å². The van der Waals surface area contributed by atoms with Crippen molar-refractivity contribution in [3.05, 3.63) is 5.69 Å². The molecular weight excluding hydrogens is 214 g/mol. The number of nitrogens with two attached hydrogens (primary N) is 1. The predicted octanol–water partition coefficient (Wildman–Crippen LogP) is 0.830. The van der Waals surface area contributed by atoms with E-state index in [4.69, 9.17) is 5.73 Å². The summed E-state index contributed by atoms with van der Waals surface area (Å²) >= 11 is 1.34. The minimum atomic E-state index is -0.265. The standard InChI is InChI=1S/C9H15N3O2S/c1-4-6-8(10)9(12(2)11-6)15-5-7(13)14-3/h4-5,10H2,1-3H3. The van der Waals surface area contributed by atoms with Crippen LogP contribution in [0.15, 0.2) is 5.03 Å². The second-order valence-corrected chi connectivity index (χ2v) is 3.97. The molecule has 1 heterocycles. The lowest BCUT2D eigenvalue weighted by Gasteiger charge is -2.01. The van der Waals surface area contributed by atoms with E-state index in [-0.39, 0.29) is 11.7 Å². The second kappa shape index (κ2) is 5.06. The van der Waals surface area contributed by atoms with Crippen LogP contribution in [0, 0.1) is 0 Å². The summed E-state index contributed by atoms with van der Waals surface area (Å²) in [6.45, 7) is 1.99. The molecule has 0 aliphatic rings. The van der Waals surface area contributed by atoms with Crippen molar-refractivity contribution < 1.29 is 9.53 Å². The highest BCUT2D eigenvalue weighted by molar-refractivity contribution is 8.00. The number of methoxy groups -OCH3 is 1. The molecule has 2 N–H and O–H groups in total. The van der Waals surface area contributed by atoms with Crippen LogP contribution in [0.5, 0.6) is 0 Å². The molecule has 5 nitrogen and oxygen atoms in total. The van der Waals surface area contributed by atoms with Gasteiger partial charge in [-0.3, -0.25) is 9.48 Å². The Morgan fingerprint density at radius 3 is 2.80 bits per heavy atom. The van der Waals surface area contributed by atoms with Crippen LogP contribution in [0.2, 0.25) is 0 Å². The van der Waals surface area contributed by atoms with Gasteiger partial charge in [0.15, 0.2) is 0 Å². The smallest absolute Gasteiger partial charge is 0.316 e. The number of ether oxygens (including phenoxy) is 1. The number of esters is 1. The third-order valence-electron chi connectivity index (χ3n) is 2.00. The number of carbonyl (C=O) groups is 1.